The molecule has 0 aliphatic rings. The average molecular weight is 471 g/mol. The third kappa shape index (κ3) is 4.93. The fraction of sp³-hybridized carbons (Fsp3) is 0.250. The number of sulfone groups is 1. The maximum atomic E-state index is 13.4. The van der Waals surface area contributed by atoms with Crippen LogP contribution in [0, 0.1) is 20.8 Å². The molecule has 0 spiro atoms. The average Bonchev–Trinajstić information content (AvgIpc) is 2.75. The number of anilines is 1. The lowest BCUT2D eigenvalue weighted by Gasteiger charge is -2.16. The van der Waals surface area contributed by atoms with Gasteiger partial charge in [0.1, 0.15) is 11.4 Å². The highest BCUT2D eigenvalue weighted by Gasteiger charge is 2.27. The first-order chi connectivity index (χ1) is 15.6. The van der Waals surface area contributed by atoms with E-state index in [1.165, 1.54) is 32.4 Å². The molecule has 0 aliphatic heterocycles. The van der Waals surface area contributed by atoms with Gasteiger partial charge in [-0.1, -0.05) is 12.1 Å². The third-order valence-corrected chi connectivity index (χ3v) is 7.09. The number of nitrogens with zero attached hydrogens (tertiary/aromatic N) is 1. The molecule has 2 aromatic carbocycles. The number of aromatic nitrogens is 1. The molecule has 9 heteroatoms. The number of aryl methyl sites for hydroxylation is 3. The standard InChI is InChI=1S/C24H26N2O6S/c1-15-7-6-8-18(11-15)25-22(27)14-26-17(3)12-16(2)23(24(26)28)33(29,30)19-9-10-20(31-4)21(13-19)32-5/h6-13H,14H2,1-5H3,(H,25,27). The van der Waals surface area contributed by atoms with Crippen LogP contribution >= 0.6 is 0 Å². The minimum absolute atomic E-state index is 0.111. The number of methoxy groups -OCH3 is 2. The fourth-order valence-electron chi connectivity index (χ4n) is 3.60. The summed E-state index contributed by atoms with van der Waals surface area (Å²) in [5.74, 6) is 0.146. The maximum Gasteiger partial charge on any atom is 0.270 e. The first-order valence-corrected chi connectivity index (χ1v) is 11.6. The smallest absolute Gasteiger partial charge is 0.270 e. The van der Waals surface area contributed by atoms with Gasteiger partial charge >= 0.3 is 0 Å². The topological polar surface area (TPSA) is 104 Å². The fourth-order valence-corrected chi connectivity index (χ4v) is 5.17. The predicted molar refractivity (Wildman–Crippen MR) is 125 cm³/mol. The molecule has 8 nitrogen and oxygen atoms in total. The van der Waals surface area contributed by atoms with Crippen LogP contribution in [0.4, 0.5) is 5.69 Å². The van der Waals surface area contributed by atoms with Crippen LogP contribution in [0.15, 0.2) is 63.1 Å². The van der Waals surface area contributed by atoms with Crippen LogP contribution in [0.1, 0.15) is 16.8 Å². The summed E-state index contributed by atoms with van der Waals surface area (Å²) >= 11 is 0. The molecule has 0 radical (unpaired) electrons. The summed E-state index contributed by atoms with van der Waals surface area (Å²) in [5, 5.41) is 2.74. The van der Waals surface area contributed by atoms with Crippen molar-refractivity contribution >= 4 is 21.4 Å². The lowest BCUT2D eigenvalue weighted by Crippen LogP contribution is -2.33. The normalized spacial score (nSPS) is 11.2. The Morgan fingerprint density at radius 2 is 1.67 bits per heavy atom. The van der Waals surface area contributed by atoms with Crippen LogP contribution in [-0.2, 0) is 21.2 Å². The molecule has 33 heavy (non-hydrogen) atoms. The Morgan fingerprint density at radius 3 is 2.30 bits per heavy atom. The number of ether oxygens (including phenoxy) is 2. The van der Waals surface area contributed by atoms with Crippen molar-refractivity contribution in [1.29, 1.82) is 0 Å². The highest BCUT2D eigenvalue weighted by atomic mass is 32.2. The maximum absolute atomic E-state index is 13.4. The van der Waals surface area contributed by atoms with Crippen molar-refractivity contribution in [2.45, 2.75) is 37.1 Å². The second-order valence-electron chi connectivity index (χ2n) is 7.63. The molecule has 0 atom stereocenters. The number of pyridine rings is 1. The summed E-state index contributed by atoms with van der Waals surface area (Å²) in [6, 6.07) is 12.9. The van der Waals surface area contributed by atoms with Crippen LogP contribution in [0.2, 0.25) is 0 Å². The first kappa shape index (κ1) is 24.1. The summed E-state index contributed by atoms with van der Waals surface area (Å²) in [5.41, 5.74) is 1.57. The highest BCUT2D eigenvalue weighted by molar-refractivity contribution is 7.91. The van der Waals surface area contributed by atoms with E-state index >= 15 is 0 Å². The summed E-state index contributed by atoms with van der Waals surface area (Å²) in [6.45, 7) is 4.78. The Kier molecular flexibility index (Phi) is 6.92. The molecule has 1 N–H and O–H groups in total. The van der Waals surface area contributed by atoms with Gasteiger partial charge in [-0.3, -0.25) is 9.59 Å². The molecule has 1 amide bonds. The molecule has 0 saturated carbocycles. The van der Waals surface area contributed by atoms with E-state index in [1.807, 2.05) is 19.1 Å². The van der Waals surface area contributed by atoms with Gasteiger partial charge in [0.25, 0.3) is 5.56 Å². The molecular formula is C24H26N2O6S. The number of hydrogen-bond donors (Lipinski definition) is 1. The van der Waals surface area contributed by atoms with Crippen molar-refractivity contribution in [3.05, 3.63) is 75.7 Å². The van der Waals surface area contributed by atoms with E-state index in [9.17, 15) is 18.0 Å². The molecule has 0 saturated heterocycles. The second kappa shape index (κ2) is 9.50. The molecule has 0 bridgehead atoms. The van der Waals surface area contributed by atoms with Crippen LogP contribution in [0.3, 0.4) is 0 Å². The molecule has 1 aromatic heterocycles. The molecule has 0 aliphatic carbocycles. The summed E-state index contributed by atoms with van der Waals surface area (Å²) in [4.78, 5) is 25.4. The monoisotopic (exact) mass is 470 g/mol. The number of benzene rings is 2. The van der Waals surface area contributed by atoms with Crippen molar-refractivity contribution < 1.29 is 22.7 Å². The molecule has 174 valence electrons. The van der Waals surface area contributed by atoms with Crippen molar-refractivity contribution in [3.63, 3.8) is 0 Å². The first-order valence-electron chi connectivity index (χ1n) is 10.1. The van der Waals surface area contributed by atoms with E-state index in [0.717, 1.165) is 10.1 Å². The van der Waals surface area contributed by atoms with E-state index in [-0.39, 0.29) is 22.1 Å². The lowest BCUT2D eigenvalue weighted by molar-refractivity contribution is -0.116. The Hall–Kier alpha value is -3.59. The van der Waals surface area contributed by atoms with Gasteiger partial charge in [-0.15, -0.1) is 0 Å². The Morgan fingerprint density at radius 1 is 0.970 bits per heavy atom. The quantitative estimate of drug-likeness (QED) is 0.569. The van der Waals surface area contributed by atoms with Crippen LogP contribution in [0.25, 0.3) is 0 Å². The lowest BCUT2D eigenvalue weighted by atomic mass is 10.2. The predicted octanol–water partition coefficient (Wildman–Crippen LogP) is 3.26. The summed E-state index contributed by atoms with van der Waals surface area (Å²) in [6.07, 6.45) is 0. The second-order valence-corrected chi connectivity index (χ2v) is 9.51. The number of nitrogens with one attached hydrogen (secondary N) is 1. The number of carbonyl (C=O) groups is 1. The number of rotatable bonds is 7. The number of carbonyl (C=O) groups excluding carboxylic acids is 1. The van der Waals surface area contributed by atoms with Crippen molar-refractivity contribution in [2.75, 3.05) is 19.5 Å². The van der Waals surface area contributed by atoms with Gasteiger partial charge in [0.2, 0.25) is 15.7 Å². The third-order valence-electron chi connectivity index (χ3n) is 5.19. The highest BCUT2D eigenvalue weighted by Crippen LogP contribution is 2.32. The zero-order valence-electron chi connectivity index (χ0n) is 19.1. The zero-order valence-corrected chi connectivity index (χ0v) is 19.9. The van der Waals surface area contributed by atoms with Crippen LogP contribution in [0.5, 0.6) is 11.5 Å². The van der Waals surface area contributed by atoms with Crippen molar-refractivity contribution in [3.8, 4) is 11.5 Å². The molecular weight excluding hydrogens is 444 g/mol. The summed E-state index contributed by atoms with van der Waals surface area (Å²) < 4.78 is 38.3. The van der Waals surface area contributed by atoms with Gasteiger partial charge < -0.3 is 19.4 Å². The minimum atomic E-state index is -4.20. The Bertz CT molecular complexity index is 1380. The zero-order chi connectivity index (χ0) is 24.3. The van der Waals surface area contributed by atoms with Gasteiger partial charge in [-0.25, -0.2) is 8.42 Å². The van der Waals surface area contributed by atoms with Gasteiger partial charge in [-0.2, -0.15) is 0 Å². The molecule has 1 heterocycles. The number of hydrogen-bond acceptors (Lipinski definition) is 6. The van der Waals surface area contributed by atoms with Gasteiger partial charge in [0.05, 0.1) is 19.1 Å². The van der Waals surface area contributed by atoms with Crippen molar-refractivity contribution in [2.24, 2.45) is 0 Å². The van der Waals surface area contributed by atoms with Gasteiger partial charge in [0.15, 0.2) is 11.5 Å². The van der Waals surface area contributed by atoms with E-state index < -0.39 is 21.3 Å². The van der Waals surface area contributed by atoms with E-state index in [4.69, 9.17) is 9.47 Å². The largest absolute Gasteiger partial charge is 0.493 e. The molecule has 0 fully saturated rings. The summed E-state index contributed by atoms with van der Waals surface area (Å²) in [7, 11) is -1.36. The minimum Gasteiger partial charge on any atom is -0.493 e. The van der Waals surface area contributed by atoms with Crippen LogP contribution in [-0.4, -0.2) is 33.1 Å². The van der Waals surface area contributed by atoms with Crippen molar-refractivity contribution in [1.82, 2.24) is 4.57 Å². The molecule has 0 unspecified atom stereocenters. The Balaban J connectivity index is 2.03. The van der Waals surface area contributed by atoms with E-state index in [2.05, 4.69) is 5.32 Å². The molecule has 3 rings (SSSR count). The Labute approximate surface area is 192 Å². The number of amides is 1. The van der Waals surface area contributed by atoms with Crippen LogP contribution < -0.4 is 20.3 Å². The van der Waals surface area contributed by atoms with Gasteiger partial charge in [0, 0.05) is 17.4 Å². The molecule has 3 aromatic rings. The van der Waals surface area contributed by atoms with E-state index in [1.54, 1.807) is 32.0 Å². The van der Waals surface area contributed by atoms with Gasteiger partial charge in [-0.05, 0) is 62.2 Å². The SMILES string of the molecule is COc1ccc(S(=O)(=O)c2c(C)cc(C)n(CC(=O)Nc3cccc(C)c3)c2=O)cc1OC. The van der Waals surface area contributed by atoms with E-state index in [0.29, 0.717) is 22.7 Å².